The van der Waals surface area contributed by atoms with Crippen LogP contribution in [0.5, 0.6) is 0 Å². The Morgan fingerprint density at radius 3 is 2.73 bits per heavy atom. The average Bonchev–Trinajstić information content (AvgIpc) is 2.19. The molecule has 1 heterocycles. The van der Waals surface area contributed by atoms with Crippen molar-refractivity contribution in [2.24, 2.45) is 5.73 Å². The number of hydrogen-bond donors (Lipinski definition) is 2. The van der Waals surface area contributed by atoms with Gasteiger partial charge in [0.25, 0.3) is 5.91 Å². The Kier molecular flexibility index (Phi) is 2.32. The maximum atomic E-state index is 11.1. The summed E-state index contributed by atoms with van der Waals surface area (Å²) in [6.45, 7) is 0. The summed E-state index contributed by atoms with van der Waals surface area (Å²) in [5, 5.41) is 1.53. The fourth-order valence-electron chi connectivity index (χ4n) is 1.42. The summed E-state index contributed by atoms with van der Waals surface area (Å²) in [5.41, 5.74) is 11.8. The Hall–Kier alpha value is -1.62. The van der Waals surface area contributed by atoms with Crippen molar-refractivity contribution < 1.29 is 4.79 Å². The second-order valence-corrected chi connectivity index (χ2v) is 3.98. The molecule has 2 aromatic rings. The van der Waals surface area contributed by atoms with E-state index in [1.807, 2.05) is 0 Å². The molecular weight excluding hydrogens is 258 g/mol. The zero-order chi connectivity index (χ0) is 11.0. The standard InChI is InChI=1S/C10H8BrN3O/c11-8-4-14-9(10(13)15)6-2-1-5(12)3-7(6)8/h1-4H,12H2,(H2,13,15). The third kappa shape index (κ3) is 1.66. The minimum atomic E-state index is -0.544. The van der Waals surface area contributed by atoms with Gasteiger partial charge in [-0.1, -0.05) is 0 Å². The highest BCUT2D eigenvalue weighted by Crippen LogP contribution is 2.26. The lowest BCUT2D eigenvalue weighted by Gasteiger charge is -2.05. The number of nitrogen functional groups attached to an aromatic ring is 1. The van der Waals surface area contributed by atoms with E-state index in [0.717, 1.165) is 9.86 Å². The van der Waals surface area contributed by atoms with Gasteiger partial charge in [-0.05, 0) is 34.1 Å². The van der Waals surface area contributed by atoms with E-state index < -0.39 is 5.91 Å². The molecule has 1 amide bonds. The predicted molar refractivity (Wildman–Crippen MR) is 62.4 cm³/mol. The van der Waals surface area contributed by atoms with E-state index in [1.54, 1.807) is 24.4 Å². The number of anilines is 1. The minimum Gasteiger partial charge on any atom is -0.399 e. The number of fused-ring (bicyclic) bond motifs is 1. The third-order valence-electron chi connectivity index (χ3n) is 2.10. The largest absolute Gasteiger partial charge is 0.399 e. The molecule has 0 atom stereocenters. The van der Waals surface area contributed by atoms with Crippen LogP contribution in [0, 0.1) is 0 Å². The van der Waals surface area contributed by atoms with Gasteiger partial charge in [0.05, 0.1) is 0 Å². The van der Waals surface area contributed by atoms with Crippen LogP contribution in [0.25, 0.3) is 10.8 Å². The molecule has 0 spiro atoms. The molecular formula is C10H8BrN3O. The zero-order valence-electron chi connectivity index (χ0n) is 7.70. The van der Waals surface area contributed by atoms with Crippen LogP contribution in [-0.4, -0.2) is 10.9 Å². The van der Waals surface area contributed by atoms with Gasteiger partial charge >= 0.3 is 0 Å². The quantitative estimate of drug-likeness (QED) is 0.770. The number of carbonyl (C=O) groups is 1. The Labute approximate surface area is 94.4 Å². The molecule has 15 heavy (non-hydrogen) atoms. The topological polar surface area (TPSA) is 82.0 Å². The molecule has 76 valence electrons. The van der Waals surface area contributed by atoms with E-state index >= 15 is 0 Å². The van der Waals surface area contributed by atoms with Gasteiger partial charge in [-0.25, -0.2) is 4.98 Å². The van der Waals surface area contributed by atoms with Gasteiger partial charge < -0.3 is 11.5 Å². The number of nitrogens with two attached hydrogens (primary N) is 2. The lowest BCUT2D eigenvalue weighted by atomic mass is 10.1. The first-order chi connectivity index (χ1) is 7.09. The summed E-state index contributed by atoms with van der Waals surface area (Å²) >= 11 is 3.34. The summed E-state index contributed by atoms with van der Waals surface area (Å²) in [7, 11) is 0. The molecule has 0 aliphatic rings. The normalized spacial score (nSPS) is 10.5. The van der Waals surface area contributed by atoms with Crippen LogP contribution < -0.4 is 11.5 Å². The van der Waals surface area contributed by atoms with E-state index in [9.17, 15) is 4.79 Å². The highest BCUT2D eigenvalue weighted by molar-refractivity contribution is 9.10. The number of rotatable bonds is 1. The van der Waals surface area contributed by atoms with Crippen LogP contribution in [0.15, 0.2) is 28.9 Å². The summed E-state index contributed by atoms with van der Waals surface area (Å²) in [5.74, 6) is -0.544. The van der Waals surface area contributed by atoms with Gasteiger partial charge in [0.15, 0.2) is 0 Å². The molecule has 0 saturated heterocycles. The zero-order valence-corrected chi connectivity index (χ0v) is 9.28. The van der Waals surface area contributed by atoms with Crippen LogP contribution >= 0.6 is 15.9 Å². The van der Waals surface area contributed by atoms with Crippen molar-refractivity contribution in [3.8, 4) is 0 Å². The van der Waals surface area contributed by atoms with E-state index in [4.69, 9.17) is 11.5 Å². The Balaban J connectivity index is 2.88. The smallest absolute Gasteiger partial charge is 0.267 e. The van der Waals surface area contributed by atoms with E-state index in [-0.39, 0.29) is 5.69 Å². The minimum absolute atomic E-state index is 0.258. The molecule has 4 N–H and O–H groups in total. The first-order valence-corrected chi connectivity index (χ1v) is 5.02. The highest BCUT2D eigenvalue weighted by Gasteiger charge is 2.10. The van der Waals surface area contributed by atoms with Gasteiger partial charge in [-0.15, -0.1) is 0 Å². The summed E-state index contributed by atoms with van der Waals surface area (Å²) in [4.78, 5) is 15.1. The van der Waals surface area contributed by atoms with Crippen molar-refractivity contribution in [1.82, 2.24) is 4.98 Å². The van der Waals surface area contributed by atoms with Gasteiger partial charge in [-0.3, -0.25) is 4.79 Å². The number of amides is 1. The fraction of sp³-hybridized carbons (Fsp3) is 0. The van der Waals surface area contributed by atoms with E-state index in [2.05, 4.69) is 20.9 Å². The second kappa shape index (κ2) is 3.51. The Bertz CT molecular complexity index is 554. The average molecular weight is 266 g/mol. The van der Waals surface area contributed by atoms with Crippen molar-refractivity contribution in [1.29, 1.82) is 0 Å². The number of halogens is 1. The number of hydrogen-bond acceptors (Lipinski definition) is 3. The van der Waals surface area contributed by atoms with Gasteiger partial charge in [0, 0.05) is 27.1 Å². The third-order valence-corrected chi connectivity index (χ3v) is 2.73. The molecule has 0 aliphatic heterocycles. The summed E-state index contributed by atoms with van der Waals surface area (Å²) in [6, 6.07) is 5.22. The molecule has 0 saturated carbocycles. The summed E-state index contributed by atoms with van der Waals surface area (Å²) in [6.07, 6.45) is 1.54. The number of primary amides is 1. The van der Waals surface area contributed by atoms with Crippen LogP contribution in [0.4, 0.5) is 5.69 Å². The molecule has 5 heteroatoms. The molecule has 0 fully saturated rings. The van der Waals surface area contributed by atoms with Gasteiger partial charge in [-0.2, -0.15) is 0 Å². The molecule has 4 nitrogen and oxygen atoms in total. The molecule has 1 aromatic carbocycles. The van der Waals surface area contributed by atoms with Crippen molar-refractivity contribution in [3.63, 3.8) is 0 Å². The number of aromatic nitrogens is 1. The van der Waals surface area contributed by atoms with Crippen LogP contribution in [0.1, 0.15) is 10.5 Å². The second-order valence-electron chi connectivity index (χ2n) is 3.12. The SMILES string of the molecule is NC(=O)c1ncc(Br)c2cc(N)ccc12. The molecule has 2 rings (SSSR count). The van der Waals surface area contributed by atoms with Crippen molar-refractivity contribution in [3.05, 3.63) is 34.6 Å². The van der Waals surface area contributed by atoms with Crippen LogP contribution in [0.2, 0.25) is 0 Å². The predicted octanol–water partition coefficient (Wildman–Crippen LogP) is 1.68. The van der Waals surface area contributed by atoms with Crippen molar-refractivity contribution in [2.45, 2.75) is 0 Å². The van der Waals surface area contributed by atoms with Gasteiger partial charge in [0.2, 0.25) is 0 Å². The van der Waals surface area contributed by atoms with E-state index in [1.165, 1.54) is 0 Å². The Morgan fingerprint density at radius 1 is 1.33 bits per heavy atom. The summed E-state index contributed by atoms with van der Waals surface area (Å²) < 4.78 is 0.787. The lowest BCUT2D eigenvalue weighted by molar-refractivity contribution is 0.0997. The van der Waals surface area contributed by atoms with Crippen molar-refractivity contribution >= 4 is 38.3 Å². The number of carbonyl (C=O) groups excluding carboxylic acids is 1. The Morgan fingerprint density at radius 2 is 2.07 bits per heavy atom. The maximum Gasteiger partial charge on any atom is 0.267 e. The fourth-order valence-corrected chi connectivity index (χ4v) is 1.85. The van der Waals surface area contributed by atoms with Crippen molar-refractivity contribution in [2.75, 3.05) is 5.73 Å². The molecule has 1 aromatic heterocycles. The highest BCUT2D eigenvalue weighted by atomic mass is 79.9. The lowest BCUT2D eigenvalue weighted by Crippen LogP contribution is -2.13. The first-order valence-electron chi connectivity index (χ1n) is 4.23. The van der Waals surface area contributed by atoms with Crippen LogP contribution in [0.3, 0.4) is 0 Å². The molecule has 0 radical (unpaired) electrons. The monoisotopic (exact) mass is 265 g/mol. The number of pyridine rings is 1. The number of benzene rings is 1. The molecule has 0 aliphatic carbocycles. The maximum absolute atomic E-state index is 11.1. The first kappa shape index (κ1) is 9.92. The van der Waals surface area contributed by atoms with Crippen LogP contribution in [-0.2, 0) is 0 Å². The molecule has 0 unspecified atom stereocenters. The molecule has 0 bridgehead atoms. The number of nitrogens with zero attached hydrogens (tertiary/aromatic N) is 1. The van der Waals surface area contributed by atoms with E-state index in [0.29, 0.717) is 11.1 Å². The van der Waals surface area contributed by atoms with Gasteiger partial charge in [0.1, 0.15) is 5.69 Å².